The molecule has 1 atom stereocenters. The van der Waals surface area contributed by atoms with Crippen molar-refractivity contribution in [2.75, 3.05) is 5.32 Å². The minimum atomic E-state index is -4.04. The van der Waals surface area contributed by atoms with Crippen molar-refractivity contribution in [2.24, 2.45) is 13.0 Å². The highest BCUT2D eigenvalue weighted by Gasteiger charge is 2.27. The molecule has 3 aromatic rings. The molecule has 0 fully saturated rings. The second-order valence-electron chi connectivity index (χ2n) is 8.17. The van der Waals surface area contributed by atoms with E-state index in [1.807, 2.05) is 39.8 Å². The molecule has 31 heavy (non-hydrogen) atoms. The number of sulfonamides is 1. The number of amides is 1. The molecular weight excluding hydrogens is 418 g/mol. The van der Waals surface area contributed by atoms with Gasteiger partial charge in [-0.3, -0.25) is 9.36 Å². The normalized spacial score (nSPS) is 13.0. The summed E-state index contributed by atoms with van der Waals surface area (Å²) in [5.74, 6) is -0.938. The molecule has 0 aliphatic rings. The number of nitrogens with zero attached hydrogens (tertiary/aromatic N) is 1. The Hall–Kier alpha value is -2.91. The predicted octanol–water partition coefficient (Wildman–Crippen LogP) is 3.08. The van der Waals surface area contributed by atoms with E-state index in [1.54, 1.807) is 6.07 Å². The van der Waals surface area contributed by atoms with Gasteiger partial charge in [-0.1, -0.05) is 31.5 Å². The lowest BCUT2D eigenvalue weighted by atomic mass is 10.0. The molecule has 1 amide bonds. The number of aryl methyl sites for hydroxylation is 3. The summed E-state index contributed by atoms with van der Waals surface area (Å²) in [6, 6.07) is 8.83. The Morgan fingerprint density at radius 2 is 1.84 bits per heavy atom. The molecule has 0 unspecified atom stereocenters. The minimum absolute atomic E-state index is 0.0761. The van der Waals surface area contributed by atoms with Gasteiger partial charge in [0, 0.05) is 18.8 Å². The minimum Gasteiger partial charge on any atom is -0.408 e. The van der Waals surface area contributed by atoms with Gasteiger partial charge in [0.2, 0.25) is 15.9 Å². The van der Waals surface area contributed by atoms with Gasteiger partial charge in [0.1, 0.15) is 6.04 Å². The van der Waals surface area contributed by atoms with Crippen molar-refractivity contribution in [2.45, 2.75) is 45.1 Å². The van der Waals surface area contributed by atoms with Gasteiger partial charge in [0.15, 0.2) is 5.58 Å². The molecule has 8 nitrogen and oxygen atoms in total. The Kier molecular flexibility index (Phi) is 6.38. The third-order valence-electron chi connectivity index (χ3n) is 5.03. The number of oxazole rings is 1. The van der Waals surface area contributed by atoms with Crippen molar-refractivity contribution >= 4 is 32.7 Å². The van der Waals surface area contributed by atoms with E-state index in [0.29, 0.717) is 17.6 Å². The Morgan fingerprint density at radius 3 is 2.48 bits per heavy atom. The van der Waals surface area contributed by atoms with Gasteiger partial charge < -0.3 is 9.73 Å². The number of carbonyl (C=O) groups is 1. The average molecular weight is 446 g/mol. The van der Waals surface area contributed by atoms with Crippen molar-refractivity contribution < 1.29 is 17.6 Å². The van der Waals surface area contributed by atoms with Crippen LogP contribution in [0, 0.1) is 19.8 Å². The maximum atomic E-state index is 13.0. The summed E-state index contributed by atoms with van der Waals surface area (Å²) in [7, 11) is -2.50. The summed E-state index contributed by atoms with van der Waals surface area (Å²) in [4.78, 5) is 24.6. The molecule has 0 saturated carbocycles. The lowest BCUT2D eigenvalue weighted by Gasteiger charge is -2.21. The highest BCUT2D eigenvalue weighted by Crippen LogP contribution is 2.21. The SMILES string of the molecule is Cc1ccc(NC(=O)[C@H](CC(C)C)NS(=O)(=O)c2ccc3c(c2)oc(=O)n3C)c(C)c1. The second kappa shape index (κ2) is 8.68. The van der Waals surface area contributed by atoms with E-state index in [-0.39, 0.29) is 16.4 Å². The molecule has 1 aromatic heterocycles. The van der Waals surface area contributed by atoms with Crippen LogP contribution in [0.1, 0.15) is 31.4 Å². The second-order valence-corrected chi connectivity index (χ2v) is 9.88. The van der Waals surface area contributed by atoms with E-state index < -0.39 is 27.7 Å². The predicted molar refractivity (Wildman–Crippen MR) is 120 cm³/mol. The molecule has 0 aliphatic heterocycles. The van der Waals surface area contributed by atoms with Crippen LogP contribution in [-0.4, -0.2) is 24.9 Å². The fourth-order valence-electron chi connectivity index (χ4n) is 3.39. The first-order valence-corrected chi connectivity index (χ1v) is 11.5. The maximum Gasteiger partial charge on any atom is 0.419 e. The van der Waals surface area contributed by atoms with Crippen LogP contribution >= 0.6 is 0 Å². The van der Waals surface area contributed by atoms with Crippen LogP contribution in [0.15, 0.2) is 50.5 Å². The molecule has 3 rings (SSSR count). The summed E-state index contributed by atoms with van der Waals surface area (Å²) in [6.45, 7) is 7.67. The Bertz CT molecular complexity index is 1290. The lowest BCUT2D eigenvalue weighted by molar-refractivity contribution is -0.118. The van der Waals surface area contributed by atoms with Gasteiger partial charge in [0.05, 0.1) is 10.4 Å². The molecule has 0 spiro atoms. The summed E-state index contributed by atoms with van der Waals surface area (Å²) in [6.07, 6.45) is 0.318. The number of carbonyl (C=O) groups excluding carboxylic acids is 1. The van der Waals surface area contributed by atoms with Crippen molar-refractivity contribution in [3.63, 3.8) is 0 Å². The summed E-state index contributed by atoms with van der Waals surface area (Å²) < 4.78 is 34.9. The fraction of sp³-hybridized carbons (Fsp3) is 0.364. The lowest BCUT2D eigenvalue weighted by Crippen LogP contribution is -2.44. The molecule has 2 aromatic carbocycles. The van der Waals surface area contributed by atoms with Crippen molar-refractivity contribution in [1.29, 1.82) is 0 Å². The summed E-state index contributed by atoms with van der Waals surface area (Å²) in [5.41, 5.74) is 3.24. The Labute approximate surface area is 181 Å². The molecule has 166 valence electrons. The van der Waals surface area contributed by atoms with E-state index in [2.05, 4.69) is 10.0 Å². The van der Waals surface area contributed by atoms with Gasteiger partial charge in [0.25, 0.3) is 0 Å². The van der Waals surface area contributed by atoms with Gasteiger partial charge in [-0.25, -0.2) is 13.2 Å². The van der Waals surface area contributed by atoms with Crippen molar-refractivity contribution in [3.8, 4) is 0 Å². The number of anilines is 1. The number of aromatic nitrogens is 1. The first-order valence-electron chi connectivity index (χ1n) is 9.98. The van der Waals surface area contributed by atoms with Crippen LogP contribution in [-0.2, 0) is 21.9 Å². The highest BCUT2D eigenvalue weighted by atomic mass is 32.2. The van der Waals surface area contributed by atoms with E-state index >= 15 is 0 Å². The summed E-state index contributed by atoms with van der Waals surface area (Å²) >= 11 is 0. The van der Waals surface area contributed by atoms with Gasteiger partial charge >= 0.3 is 5.76 Å². The van der Waals surface area contributed by atoms with Crippen LogP contribution in [0.3, 0.4) is 0 Å². The monoisotopic (exact) mass is 445 g/mol. The molecule has 0 aliphatic carbocycles. The number of benzene rings is 2. The molecule has 2 N–H and O–H groups in total. The molecule has 0 radical (unpaired) electrons. The van der Waals surface area contributed by atoms with Crippen LogP contribution in [0.2, 0.25) is 0 Å². The van der Waals surface area contributed by atoms with Crippen molar-refractivity contribution in [1.82, 2.24) is 9.29 Å². The molecule has 0 saturated heterocycles. The largest absolute Gasteiger partial charge is 0.419 e. The van der Waals surface area contributed by atoms with Crippen LogP contribution in [0.5, 0.6) is 0 Å². The number of hydrogen-bond donors (Lipinski definition) is 2. The topological polar surface area (TPSA) is 110 Å². The van der Waals surface area contributed by atoms with E-state index in [1.165, 1.54) is 29.8 Å². The highest BCUT2D eigenvalue weighted by molar-refractivity contribution is 7.89. The van der Waals surface area contributed by atoms with Gasteiger partial charge in [-0.15, -0.1) is 0 Å². The summed E-state index contributed by atoms with van der Waals surface area (Å²) in [5, 5.41) is 2.83. The molecule has 1 heterocycles. The Morgan fingerprint density at radius 1 is 1.13 bits per heavy atom. The number of fused-ring (bicyclic) bond motifs is 1. The molecule has 0 bridgehead atoms. The van der Waals surface area contributed by atoms with Crippen LogP contribution in [0.25, 0.3) is 11.1 Å². The van der Waals surface area contributed by atoms with Crippen LogP contribution in [0.4, 0.5) is 5.69 Å². The zero-order valence-corrected chi connectivity index (χ0v) is 19.0. The first-order chi connectivity index (χ1) is 14.5. The van der Waals surface area contributed by atoms with Gasteiger partial charge in [-0.05, 0) is 49.9 Å². The number of rotatable bonds is 7. The first kappa shape index (κ1) is 22.8. The quantitative estimate of drug-likeness (QED) is 0.581. The maximum absolute atomic E-state index is 13.0. The fourth-order valence-corrected chi connectivity index (χ4v) is 4.61. The zero-order valence-electron chi connectivity index (χ0n) is 18.2. The van der Waals surface area contributed by atoms with Crippen molar-refractivity contribution in [3.05, 3.63) is 58.1 Å². The van der Waals surface area contributed by atoms with E-state index in [0.717, 1.165) is 11.1 Å². The van der Waals surface area contributed by atoms with Crippen LogP contribution < -0.4 is 15.8 Å². The zero-order chi connectivity index (χ0) is 22.9. The van der Waals surface area contributed by atoms with Gasteiger partial charge in [-0.2, -0.15) is 4.72 Å². The Balaban J connectivity index is 1.88. The van der Waals surface area contributed by atoms with E-state index in [9.17, 15) is 18.0 Å². The number of hydrogen-bond acceptors (Lipinski definition) is 5. The standard InChI is InChI=1S/C22H27N3O5S/c1-13(2)10-18(21(26)23-17-8-6-14(3)11-15(17)4)24-31(28,29)16-7-9-19-20(12-16)30-22(27)25(19)5/h6-9,11-13,18,24H,10H2,1-5H3,(H,23,26)/t18-/m0/s1. The molecular formula is C22H27N3O5S. The smallest absolute Gasteiger partial charge is 0.408 e. The third-order valence-corrected chi connectivity index (χ3v) is 6.50. The average Bonchev–Trinajstić information content (AvgIpc) is 2.96. The number of nitrogens with one attached hydrogen (secondary N) is 2. The van der Waals surface area contributed by atoms with E-state index in [4.69, 9.17) is 4.42 Å². The molecule has 9 heteroatoms. The third kappa shape index (κ3) is 5.05.